The average molecular weight is 580 g/mol. The second kappa shape index (κ2) is 11.0. The van der Waals surface area contributed by atoms with Crippen molar-refractivity contribution >= 4 is 50.4 Å². The van der Waals surface area contributed by atoms with Crippen molar-refractivity contribution in [3.8, 4) is 22.4 Å². The van der Waals surface area contributed by atoms with E-state index in [2.05, 4.69) is 19.7 Å². The lowest BCUT2D eigenvalue weighted by atomic mass is 9.96. The smallest absolute Gasteiger partial charge is 0.268 e. The fraction of sp³-hybridized carbons (Fsp3) is 0.0645. The summed E-state index contributed by atoms with van der Waals surface area (Å²) in [6.45, 7) is 1.83. The van der Waals surface area contributed by atoms with Gasteiger partial charge in [-0.3, -0.25) is 24.3 Å². The van der Waals surface area contributed by atoms with Gasteiger partial charge < -0.3 is 4.98 Å². The number of benzene rings is 2. The van der Waals surface area contributed by atoms with E-state index >= 15 is 0 Å². The number of pyridine rings is 4. The summed E-state index contributed by atoms with van der Waals surface area (Å²) in [5, 5.41) is 1.51. The van der Waals surface area contributed by atoms with Crippen LogP contribution in [0.1, 0.15) is 21.7 Å². The van der Waals surface area contributed by atoms with Crippen LogP contribution in [0.25, 0.3) is 44.3 Å². The predicted molar refractivity (Wildman–Crippen MR) is 162 cm³/mol. The molecule has 202 valence electrons. The zero-order valence-corrected chi connectivity index (χ0v) is 23.3. The highest BCUT2D eigenvalue weighted by Gasteiger charge is 2.20. The molecule has 0 fully saturated rings. The Morgan fingerprint density at radius 3 is 2.61 bits per heavy atom. The summed E-state index contributed by atoms with van der Waals surface area (Å²) < 4.78 is 15.1. The number of nitrogens with one attached hydrogen (secondary N) is 2. The first-order valence-electron chi connectivity index (χ1n) is 12.7. The van der Waals surface area contributed by atoms with E-state index < -0.39 is 22.3 Å². The van der Waals surface area contributed by atoms with Gasteiger partial charge in [-0.05, 0) is 48.9 Å². The van der Waals surface area contributed by atoms with E-state index in [0.717, 1.165) is 22.2 Å². The molecule has 1 unspecified atom stereocenters. The maximum atomic E-state index is 13.6. The van der Waals surface area contributed by atoms with E-state index in [1.54, 1.807) is 30.5 Å². The monoisotopic (exact) mass is 579 g/mol. The number of rotatable bonds is 6. The van der Waals surface area contributed by atoms with E-state index in [-0.39, 0.29) is 16.7 Å². The minimum absolute atomic E-state index is 0.0165. The standard InChI is InChI=1S/C31H22ClN5O3S/c1-18-7-5-11-22(35-18)17-41(40)37-31(39)25-16-34-30-24(29(25)38)15-23(27(36-30)19-8-3-2-4-9-19)21-13-20-10-6-12-33-28(20)26(32)14-21/h2-16H,17H2,1H3,(H,37,39)(H,34,36,38). The Morgan fingerprint density at radius 2 is 1.80 bits per heavy atom. The molecule has 1 atom stereocenters. The Labute approximate surface area is 242 Å². The van der Waals surface area contributed by atoms with Crippen LogP contribution >= 0.6 is 11.6 Å². The quantitative estimate of drug-likeness (QED) is 0.259. The normalized spacial score (nSPS) is 12.0. The van der Waals surface area contributed by atoms with Crippen LogP contribution in [0.3, 0.4) is 0 Å². The van der Waals surface area contributed by atoms with Gasteiger partial charge in [-0.25, -0.2) is 9.19 Å². The molecule has 6 aromatic rings. The highest BCUT2D eigenvalue weighted by molar-refractivity contribution is 7.82. The van der Waals surface area contributed by atoms with E-state index in [4.69, 9.17) is 16.6 Å². The van der Waals surface area contributed by atoms with Crippen molar-refractivity contribution in [1.82, 2.24) is 24.7 Å². The van der Waals surface area contributed by atoms with Gasteiger partial charge >= 0.3 is 0 Å². The second-order valence-corrected chi connectivity index (χ2v) is 11.0. The average Bonchev–Trinajstić information content (AvgIpc) is 2.97. The topological polar surface area (TPSA) is 118 Å². The van der Waals surface area contributed by atoms with Crippen molar-refractivity contribution in [3.05, 3.63) is 123 Å². The van der Waals surface area contributed by atoms with Crippen molar-refractivity contribution < 1.29 is 9.00 Å². The van der Waals surface area contributed by atoms with Gasteiger partial charge in [-0.1, -0.05) is 54.1 Å². The number of halogens is 1. The third-order valence-corrected chi connectivity index (χ3v) is 7.82. The Bertz CT molecular complexity index is 2050. The molecule has 0 saturated carbocycles. The number of aryl methyl sites for hydroxylation is 1. The molecule has 0 aliphatic carbocycles. The molecule has 2 N–H and O–H groups in total. The van der Waals surface area contributed by atoms with Gasteiger partial charge in [0.2, 0.25) is 5.43 Å². The maximum absolute atomic E-state index is 13.6. The first kappa shape index (κ1) is 26.5. The molecule has 0 bridgehead atoms. The SMILES string of the molecule is Cc1cccc(CS(=O)NC(=O)c2c[nH]c3nc(-c4ccccc4)c(-c4cc(Cl)c5ncccc5c4)cc3c2=O)n1. The number of hydrogen-bond acceptors (Lipinski definition) is 6. The number of aromatic amines is 1. The summed E-state index contributed by atoms with van der Waals surface area (Å²) in [6.07, 6.45) is 2.97. The van der Waals surface area contributed by atoms with Crippen LogP contribution in [-0.2, 0) is 16.7 Å². The Kier molecular flexibility index (Phi) is 7.13. The van der Waals surface area contributed by atoms with Gasteiger partial charge in [0, 0.05) is 34.6 Å². The first-order chi connectivity index (χ1) is 19.9. The van der Waals surface area contributed by atoms with Crippen molar-refractivity contribution in [1.29, 1.82) is 0 Å². The van der Waals surface area contributed by atoms with Crippen LogP contribution < -0.4 is 10.2 Å². The van der Waals surface area contributed by atoms with E-state index in [1.807, 2.05) is 61.5 Å². The Hall–Kier alpha value is -4.73. The number of aromatic nitrogens is 4. The van der Waals surface area contributed by atoms with Crippen LogP contribution in [0.2, 0.25) is 5.02 Å². The molecule has 2 aromatic carbocycles. The van der Waals surface area contributed by atoms with Gasteiger partial charge in [0.05, 0.1) is 33.1 Å². The van der Waals surface area contributed by atoms with Crippen LogP contribution in [-0.4, -0.2) is 30.1 Å². The molecule has 10 heteroatoms. The Balaban J connectivity index is 1.44. The lowest BCUT2D eigenvalue weighted by Gasteiger charge is -2.13. The van der Waals surface area contributed by atoms with Crippen molar-refractivity contribution in [2.24, 2.45) is 0 Å². The summed E-state index contributed by atoms with van der Waals surface area (Å²) in [6, 6.07) is 24.1. The number of H-pyrrole nitrogens is 1. The van der Waals surface area contributed by atoms with Crippen LogP contribution in [0.4, 0.5) is 0 Å². The van der Waals surface area contributed by atoms with E-state index in [9.17, 15) is 13.8 Å². The molecule has 4 aromatic heterocycles. The largest absolute Gasteiger partial charge is 0.345 e. The number of carbonyl (C=O) groups is 1. The summed E-state index contributed by atoms with van der Waals surface area (Å²) in [7, 11) is -1.78. The number of fused-ring (bicyclic) bond motifs is 2. The molecule has 0 saturated heterocycles. The zero-order chi connectivity index (χ0) is 28.5. The minimum Gasteiger partial charge on any atom is -0.345 e. The highest BCUT2D eigenvalue weighted by Crippen LogP contribution is 2.36. The van der Waals surface area contributed by atoms with Gasteiger partial charge in [0.25, 0.3) is 5.91 Å². The van der Waals surface area contributed by atoms with Crippen molar-refractivity contribution in [2.75, 3.05) is 0 Å². The number of amides is 1. The number of nitrogens with zero attached hydrogens (tertiary/aromatic N) is 3. The van der Waals surface area contributed by atoms with Crippen molar-refractivity contribution in [3.63, 3.8) is 0 Å². The molecule has 1 amide bonds. The molecular formula is C31H22ClN5O3S. The fourth-order valence-corrected chi connectivity index (χ4v) is 5.76. The third-order valence-electron chi connectivity index (χ3n) is 6.56. The molecule has 6 rings (SSSR count). The van der Waals surface area contributed by atoms with Gasteiger partial charge in [-0.2, -0.15) is 0 Å². The predicted octanol–water partition coefficient (Wildman–Crippen LogP) is 5.76. The van der Waals surface area contributed by atoms with E-state index in [0.29, 0.717) is 33.1 Å². The third kappa shape index (κ3) is 5.37. The van der Waals surface area contributed by atoms with Gasteiger partial charge in [-0.15, -0.1) is 0 Å². The van der Waals surface area contributed by atoms with Crippen LogP contribution in [0.5, 0.6) is 0 Å². The lowest BCUT2D eigenvalue weighted by Crippen LogP contribution is -2.31. The summed E-state index contributed by atoms with van der Waals surface area (Å²) in [4.78, 5) is 43.1. The summed E-state index contributed by atoms with van der Waals surface area (Å²) in [5.74, 6) is -0.740. The molecule has 0 aliphatic heterocycles. The molecule has 4 heterocycles. The lowest BCUT2D eigenvalue weighted by molar-refractivity contribution is 0.0981. The minimum atomic E-state index is -1.78. The highest BCUT2D eigenvalue weighted by atomic mass is 35.5. The molecule has 8 nitrogen and oxygen atoms in total. The molecular weight excluding hydrogens is 558 g/mol. The number of carbonyl (C=O) groups excluding carboxylic acids is 1. The molecule has 0 spiro atoms. The summed E-state index contributed by atoms with van der Waals surface area (Å²) in [5.41, 5.74) is 4.49. The zero-order valence-electron chi connectivity index (χ0n) is 21.7. The molecule has 0 radical (unpaired) electrons. The first-order valence-corrected chi connectivity index (χ1v) is 14.4. The van der Waals surface area contributed by atoms with Crippen molar-refractivity contribution in [2.45, 2.75) is 12.7 Å². The molecule has 41 heavy (non-hydrogen) atoms. The Morgan fingerprint density at radius 1 is 0.976 bits per heavy atom. The van der Waals surface area contributed by atoms with Crippen LogP contribution in [0.15, 0.2) is 96.1 Å². The van der Waals surface area contributed by atoms with Crippen LogP contribution in [0, 0.1) is 6.92 Å². The second-order valence-electron chi connectivity index (χ2n) is 9.40. The molecule has 0 aliphatic rings. The number of hydrogen-bond donors (Lipinski definition) is 2. The summed E-state index contributed by atoms with van der Waals surface area (Å²) >= 11 is 6.60. The van der Waals surface area contributed by atoms with Gasteiger partial charge in [0.15, 0.2) is 0 Å². The maximum Gasteiger partial charge on any atom is 0.268 e. The van der Waals surface area contributed by atoms with E-state index in [1.165, 1.54) is 6.20 Å². The fourth-order valence-electron chi connectivity index (χ4n) is 4.66. The van der Waals surface area contributed by atoms with Gasteiger partial charge in [0.1, 0.15) is 22.2 Å².